The van der Waals surface area contributed by atoms with Crippen molar-refractivity contribution in [3.8, 4) is 0 Å². The lowest BCUT2D eigenvalue weighted by molar-refractivity contribution is -0.00705. The predicted octanol–water partition coefficient (Wildman–Crippen LogP) is 3.85. The van der Waals surface area contributed by atoms with Gasteiger partial charge in [-0.05, 0) is 62.2 Å². The molecule has 0 bridgehead atoms. The van der Waals surface area contributed by atoms with Gasteiger partial charge in [0, 0.05) is 10.5 Å². The first-order valence-electron chi connectivity index (χ1n) is 8.16. The molecule has 0 radical (unpaired) electrons. The van der Waals surface area contributed by atoms with Crippen LogP contribution in [-0.2, 0) is 0 Å². The maximum absolute atomic E-state index is 10.3. The Morgan fingerprint density at radius 3 is 2.56 bits per heavy atom. The van der Waals surface area contributed by atoms with Gasteiger partial charge in [0.1, 0.15) is 0 Å². The van der Waals surface area contributed by atoms with Gasteiger partial charge in [-0.25, -0.2) is 0 Å². The summed E-state index contributed by atoms with van der Waals surface area (Å²) in [5.41, 5.74) is 0. The van der Waals surface area contributed by atoms with Crippen molar-refractivity contribution in [2.75, 3.05) is 0 Å². The monoisotopic (exact) mass is 266 g/mol. The Bertz CT molecular complexity index is 318. The molecule has 4 rings (SSSR count). The summed E-state index contributed by atoms with van der Waals surface area (Å²) in [6.07, 6.45) is 12.6. The van der Waals surface area contributed by atoms with Crippen molar-refractivity contribution in [2.45, 2.75) is 74.4 Å². The van der Waals surface area contributed by atoms with E-state index in [4.69, 9.17) is 0 Å². The quantitative estimate of drug-likeness (QED) is 0.718. The molecule has 0 spiro atoms. The second-order valence-electron chi connectivity index (χ2n) is 7.22. The molecule has 1 aliphatic heterocycles. The third kappa shape index (κ3) is 1.86. The molecule has 4 aliphatic rings. The van der Waals surface area contributed by atoms with Gasteiger partial charge in [0.05, 0.1) is 6.10 Å². The van der Waals surface area contributed by atoms with Crippen LogP contribution in [0, 0.1) is 23.7 Å². The van der Waals surface area contributed by atoms with Gasteiger partial charge in [-0.2, -0.15) is 11.8 Å². The van der Waals surface area contributed by atoms with E-state index in [1.54, 1.807) is 0 Å². The van der Waals surface area contributed by atoms with E-state index in [-0.39, 0.29) is 6.10 Å². The molecule has 3 saturated carbocycles. The first-order chi connectivity index (χ1) is 8.83. The van der Waals surface area contributed by atoms with Gasteiger partial charge >= 0.3 is 0 Å². The summed E-state index contributed by atoms with van der Waals surface area (Å²) >= 11 is 2.33. The Labute approximate surface area is 115 Å². The minimum absolute atomic E-state index is 0.0351. The van der Waals surface area contributed by atoms with Crippen LogP contribution in [0.4, 0.5) is 0 Å². The van der Waals surface area contributed by atoms with Crippen LogP contribution in [-0.4, -0.2) is 21.7 Å². The van der Waals surface area contributed by atoms with Gasteiger partial charge in [-0.1, -0.05) is 19.3 Å². The Kier molecular flexibility index (Phi) is 3.15. The van der Waals surface area contributed by atoms with Crippen LogP contribution in [0.5, 0.6) is 0 Å². The number of aliphatic hydroxyl groups excluding tert-OH is 1. The number of thioether (sulfide) groups is 1. The first kappa shape index (κ1) is 12.1. The highest BCUT2D eigenvalue weighted by molar-refractivity contribution is 8.00. The highest BCUT2D eigenvalue weighted by Gasteiger charge is 2.51. The van der Waals surface area contributed by atoms with Crippen molar-refractivity contribution in [2.24, 2.45) is 23.7 Å². The molecule has 1 saturated heterocycles. The highest BCUT2D eigenvalue weighted by atomic mass is 32.2. The van der Waals surface area contributed by atoms with Gasteiger partial charge in [0.15, 0.2) is 0 Å². The minimum Gasteiger partial charge on any atom is -0.393 e. The fraction of sp³-hybridized carbons (Fsp3) is 1.00. The topological polar surface area (TPSA) is 20.2 Å². The normalized spacial score (nSPS) is 55.5. The lowest BCUT2D eigenvalue weighted by Crippen LogP contribution is -2.42. The maximum atomic E-state index is 10.3. The van der Waals surface area contributed by atoms with Crippen LogP contribution in [0.1, 0.15) is 57.8 Å². The van der Waals surface area contributed by atoms with Gasteiger partial charge in [0.25, 0.3) is 0 Å². The Morgan fingerprint density at radius 1 is 0.722 bits per heavy atom. The first-order valence-corrected chi connectivity index (χ1v) is 9.11. The Balaban J connectivity index is 1.53. The Morgan fingerprint density at radius 2 is 1.61 bits per heavy atom. The van der Waals surface area contributed by atoms with E-state index in [0.717, 1.165) is 34.7 Å². The van der Waals surface area contributed by atoms with Crippen molar-refractivity contribution in [1.29, 1.82) is 0 Å². The molecular formula is C16H26OS. The summed E-state index contributed by atoms with van der Waals surface area (Å²) in [5, 5.41) is 12.2. The lowest BCUT2D eigenvalue weighted by Gasteiger charge is -2.45. The fourth-order valence-electron chi connectivity index (χ4n) is 5.53. The lowest BCUT2D eigenvalue weighted by atomic mass is 9.62. The molecule has 0 aromatic heterocycles. The molecule has 1 N–H and O–H groups in total. The summed E-state index contributed by atoms with van der Waals surface area (Å²) < 4.78 is 0. The fourth-order valence-corrected chi connectivity index (χ4v) is 7.67. The SMILES string of the molecule is OC1CCCC2CC3C(CC12)S[C@@H]1CCCCC31. The molecule has 1 nitrogen and oxygen atoms in total. The van der Waals surface area contributed by atoms with Crippen LogP contribution in [0.3, 0.4) is 0 Å². The summed E-state index contributed by atoms with van der Waals surface area (Å²) in [6.45, 7) is 0. The second kappa shape index (κ2) is 4.70. The molecule has 1 heterocycles. The van der Waals surface area contributed by atoms with E-state index in [1.807, 2.05) is 0 Å². The average Bonchev–Trinajstić information content (AvgIpc) is 2.75. The number of hydrogen-bond acceptors (Lipinski definition) is 2. The standard InChI is InChI=1S/C16H26OS/c17-14-6-3-4-10-8-13-11-5-1-2-7-15(11)18-16(13)9-12(10)14/h10-17H,1-9H2/t10?,11?,12?,13?,14?,15-,16?/m1/s1. The van der Waals surface area contributed by atoms with Crippen LogP contribution < -0.4 is 0 Å². The van der Waals surface area contributed by atoms with Crippen LogP contribution in [0.15, 0.2) is 0 Å². The van der Waals surface area contributed by atoms with Gasteiger partial charge in [-0.3, -0.25) is 0 Å². The average molecular weight is 266 g/mol. The zero-order valence-corrected chi connectivity index (χ0v) is 12.1. The summed E-state index contributed by atoms with van der Waals surface area (Å²) in [4.78, 5) is 0. The van der Waals surface area contributed by atoms with E-state index in [9.17, 15) is 5.11 Å². The molecule has 2 heteroatoms. The van der Waals surface area contributed by atoms with Gasteiger partial charge < -0.3 is 5.11 Å². The number of fused-ring (bicyclic) bond motifs is 4. The van der Waals surface area contributed by atoms with Crippen LogP contribution >= 0.6 is 11.8 Å². The van der Waals surface area contributed by atoms with Crippen molar-refractivity contribution in [3.05, 3.63) is 0 Å². The summed E-state index contributed by atoms with van der Waals surface area (Å²) in [7, 11) is 0. The molecule has 0 amide bonds. The predicted molar refractivity (Wildman–Crippen MR) is 76.7 cm³/mol. The van der Waals surface area contributed by atoms with E-state index in [1.165, 1.54) is 51.4 Å². The van der Waals surface area contributed by atoms with Crippen LogP contribution in [0.2, 0.25) is 0 Å². The minimum atomic E-state index is 0.0351. The maximum Gasteiger partial charge on any atom is 0.0571 e. The zero-order valence-electron chi connectivity index (χ0n) is 11.3. The van der Waals surface area contributed by atoms with Crippen LogP contribution in [0.25, 0.3) is 0 Å². The van der Waals surface area contributed by atoms with Crippen molar-refractivity contribution in [1.82, 2.24) is 0 Å². The van der Waals surface area contributed by atoms with E-state index < -0.39 is 0 Å². The summed E-state index contributed by atoms with van der Waals surface area (Å²) in [6, 6.07) is 0. The molecule has 6 unspecified atom stereocenters. The molecule has 3 aliphatic carbocycles. The number of rotatable bonds is 0. The largest absolute Gasteiger partial charge is 0.393 e. The number of aliphatic hydroxyl groups is 1. The molecule has 4 fully saturated rings. The van der Waals surface area contributed by atoms with Crippen molar-refractivity contribution >= 4 is 11.8 Å². The van der Waals surface area contributed by atoms with E-state index in [0.29, 0.717) is 5.92 Å². The molecule has 102 valence electrons. The van der Waals surface area contributed by atoms with E-state index in [2.05, 4.69) is 11.8 Å². The highest BCUT2D eigenvalue weighted by Crippen LogP contribution is 2.58. The molecule has 7 atom stereocenters. The van der Waals surface area contributed by atoms with Gasteiger partial charge in [-0.15, -0.1) is 0 Å². The summed E-state index contributed by atoms with van der Waals surface area (Å²) in [5.74, 6) is 3.60. The third-order valence-corrected chi connectivity index (χ3v) is 8.21. The second-order valence-corrected chi connectivity index (χ2v) is 8.70. The molecule has 18 heavy (non-hydrogen) atoms. The number of hydrogen-bond donors (Lipinski definition) is 1. The Hall–Kier alpha value is 0.310. The van der Waals surface area contributed by atoms with E-state index >= 15 is 0 Å². The molecule has 0 aromatic carbocycles. The van der Waals surface area contributed by atoms with Gasteiger partial charge in [0.2, 0.25) is 0 Å². The smallest absolute Gasteiger partial charge is 0.0571 e. The molecular weight excluding hydrogens is 240 g/mol. The van der Waals surface area contributed by atoms with Crippen molar-refractivity contribution < 1.29 is 5.11 Å². The van der Waals surface area contributed by atoms with Crippen molar-refractivity contribution in [3.63, 3.8) is 0 Å². The molecule has 0 aromatic rings. The third-order valence-electron chi connectivity index (χ3n) is 6.38. The zero-order chi connectivity index (χ0) is 12.1.